The van der Waals surface area contributed by atoms with E-state index < -0.39 is 10.0 Å². The molecular weight excluding hydrogens is 291 g/mol. The van der Waals surface area contributed by atoms with Gasteiger partial charge in [-0.25, -0.2) is 8.42 Å². The molecule has 1 aliphatic rings. The molecule has 2 N–H and O–H groups in total. The lowest BCUT2D eigenvalue weighted by molar-refractivity contribution is 0.474. The predicted octanol–water partition coefficient (Wildman–Crippen LogP) is 1.54. The highest BCUT2D eigenvalue weighted by molar-refractivity contribution is 7.91. The SMILES string of the molecule is Cl.NC1CCN(S(=O)(=O)c2ccc(Cl)s2)C1. The molecule has 16 heavy (non-hydrogen) atoms. The van der Waals surface area contributed by atoms with Gasteiger partial charge >= 0.3 is 0 Å². The third-order valence-electron chi connectivity index (χ3n) is 2.33. The molecule has 0 saturated carbocycles. The molecule has 0 radical (unpaired) electrons. The van der Waals surface area contributed by atoms with Crippen LogP contribution in [0, 0.1) is 0 Å². The van der Waals surface area contributed by atoms with Crippen LogP contribution in [0.5, 0.6) is 0 Å². The van der Waals surface area contributed by atoms with Crippen LogP contribution in [0.15, 0.2) is 16.3 Å². The molecule has 1 saturated heterocycles. The summed E-state index contributed by atoms with van der Waals surface area (Å²) in [7, 11) is -3.36. The molecule has 2 rings (SSSR count). The zero-order valence-corrected chi connectivity index (χ0v) is 11.5. The van der Waals surface area contributed by atoms with E-state index >= 15 is 0 Å². The van der Waals surface area contributed by atoms with Crippen LogP contribution in [-0.4, -0.2) is 31.9 Å². The van der Waals surface area contributed by atoms with Gasteiger partial charge < -0.3 is 5.73 Å². The Kier molecular flexibility index (Phi) is 4.62. The van der Waals surface area contributed by atoms with Crippen LogP contribution >= 0.6 is 35.3 Å². The van der Waals surface area contributed by atoms with Crippen molar-refractivity contribution in [1.82, 2.24) is 4.31 Å². The molecule has 92 valence electrons. The summed E-state index contributed by atoms with van der Waals surface area (Å²) in [6.45, 7) is 0.900. The van der Waals surface area contributed by atoms with Gasteiger partial charge in [0.15, 0.2) is 0 Å². The Morgan fingerprint density at radius 2 is 2.19 bits per heavy atom. The van der Waals surface area contributed by atoms with Crippen molar-refractivity contribution in [2.75, 3.05) is 13.1 Å². The van der Waals surface area contributed by atoms with Gasteiger partial charge in [0, 0.05) is 19.1 Å². The van der Waals surface area contributed by atoms with Gasteiger partial charge in [-0.15, -0.1) is 23.7 Å². The van der Waals surface area contributed by atoms with Gasteiger partial charge in [0.05, 0.1) is 4.34 Å². The number of nitrogens with two attached hydrogens (primary N) is 1. The third-order valence-corrected chi connectivity index (χ3v) is 5.89. The molecule has 1 unspecified atom stereocenters. The highest BCUT2D eigenvalue weighted by atomic mass is 35.5. The Hall–Kier alpha value is 0.150. The minimum absolute atomic E-state index is 0. The normalized spacial score (nSPS) is 22.0. The summed E-state index contributed by atoms with van der Waals surface area (Å²) in [5.74, 6) is 0. The van der Waals surface area contributed by atoms with Crippen molar-refractivity contribution in [3.63, 3.8) is 0 Å². The van der Waals surface area contributed by atoms with Crippen LogP contribution in [0.25, 0.3) is 0 Å². The van der Waals surface area contributed by atoms with Crippen molar-refractivity contribution in [2.24, 2.45) is 5.73 Å². The van der Waals surface area contributed by atoms with E-state index in [1.807, 2.05) is 0 Å². The summed E-state index contributed by atoms with van der Waals surface area (Å²) < 4.78 is 26.2. The highest BCUT2D eigenvalue weighted by Crippen LogP contribution is 2.29. The molecule has 1 atom stereocenters. The molecule has 2 heterocycles. The van der Waals surface area contributed by atoms with Gasteiger partial charge in [-0.1, -0.05) is 11.6 Å². The number of hydrogen-bond acceptors (Lipinski definition) is 4. The Morgan fingerprint density at radius 3 is 2.62 bits per heavy atom. The fraction of sp³-hybridized carbons (Fsp3) is 0.500. The first-order valence-electron chi connectivity index (χ1n) is 4.51. The molecule has 0 aromatic carbocycles. The fourth-order valence-electron chi connectivity index (χ4n) is 1.54. The molecule has 1 aliphatic heterocycles. The molecular formula is C8H12Cl2N2O2S2. The van der Waals surface area contributed by atoms with Crippen LogP contribution in [0.4, 0.5) is 0 Å². The van der Waals surface area contributed by atoms with E-state index in [9.17, 15) is 8.42 Å². The monoisotopic (exact) mass is 302 g/mol. The molecule has 1 aromatic rings. The summed E-state index contributed by atoms with van der Waals surface area (Å²) in [6.07, 6.45) is 0.721. The van der Waals surface area contributed by atoms with Gasteiger partial charge in [-0.2, -0.15) is 4.31 Å². The lowest BCUT2D eigenvalue weighted by Crippen LogP contribution is -2.31. The smallest absolute Gasteiger partial charge is 0.252 e. The lowest BCUT2D eigenvalue weighted by Gasteiger charge is -2.13. The molecule has 0 aliphatic carbocycles. The van der Waals surface area contributed by atoms with Gasteiger partial charge in [0.25, 0.3) is 10.0 Å². The molecule has 0 amide bonds. The minimum atomic E-state index is -3.36. The van der Waals surface area contributed by atoms with Crippen LogP contribution < -0.4 is 5.73 Å². The van der Waals surface area contributed by atoms with Crippen LogP contribution in [0.1, 0.15) is 6.42 Å². The number of thiophene rings is 1. The quantitative estimate of drug-likeness (QED) is 0.901. The number of halogens is 2. The Labute approximate surface area is 110 Å². The minimum Gasteiger partial charge on any atom is -0.326 e. The van der Waals surface area contributed by atoms with E-state index in [1.54, 1.807) is 6.07 Å². The van der Waals surface area contributed by atoms with E-state index in [4.69, 9.17) is 17.3 Å². The van der Waals surface area contributed by atoms with Crippen molar-refractivity contribution in [3.8, 4) is 0 Å². The number of nitrogens with zero attached hydrogens (tertiary/aromatic N) is 1. The van der Waals surface area contributed by atoms with E-state index in [0.29, 0.717) is 21.6 Å². The summed E-state index contributed by atoms with van der Waals surface area (Å²) >= 11 is 6.79. The zero-order chi connectivity index (χ0) is 11.1. The molecule has 1 fully saturated rings. The summed E-state index contributed by atoms with van der Waals surface area (Å²) in [6, 6.07) is 3.08. The standard InChI is InChI=1S/C8H11ClN2O2S2.ClH/c9-7-1-2-8(14-7)15(12,13)11-4-3-6(10)5-11;/h1-2,6H,3-5,10H2;1H. The average Bonchev–Trinajstić information content (AvgIpc) is 2.74. The molecule has 0 spiro atoms. The largest absolute Gasteiger partial charge is 0.326 e. The zero-order valence-electron chi connectivity index (χ0n) is 8.30. The molecule has 0 bridgehead atoms. The number of hydrogen-bond donors (Lipinski definition) is 1. The topological polar surface area (TPSA) is 63.4 Å². The maximum Gasteiger partial charge on any atom is 0.252 e. The summed E-state index contributed by atoms with van der Waals surface area (Å²) in [5, 5.41) is 0. The average molecular weight is 303 g/mol. The first-order valence-corrected chi connectivity index (χ1v) is 7.14. The predicted molar refractivity (Wildman–Crippen MR) is 67.9 cm³/mol. The summed E-state index contributed by atoms with van der Waals surface area (Å²) in [5.41, 5.74) is 5.68. The van der Waals surface area contributed by atoms with Crippen LogP contribution in [0.2, 0.25) is 4.34 Å². The van der Waals surface area contributed by atoms with Gasteiger partial charge in [0.2, 0.25) is 0 Å². The van der Waals surface area contributed by atoms with Crippen molar-refractivity contribution < 1.29 is 8.42 Å². The second kappa shape index (κ2) is 5.20. The summed E-state index contributed by atoms with van der Waals surface area (Å²) in [4.78, 5) is 0. The van der Waals surface area contributed by atoms with E-state index in [1.165, 1.54) is 10.4 Å². The lowest BCUT2D eigenvalue weighted by atomic mass is 10.3. The van der Waals surface area contributed by atoms with Gasteiger partial charge in [0.1, 0.15) is 4.21 Å². The second-order valence-corrected chi connectivity index (χ2v) is 7.35. The fourth-order valence-corrected chi connectivity index (χ4v) is 4.68. The van der Waals surface area contributed by atoms with Gasteiger partial charge in [-0.05, 0) is 18.6 Å². The van der Waals surface area contributed by atoms with E-state index in [2.05, 4.69) is 0 Å². The van der Waals surface area contributed by atoms with Gasteiger partial charge in [-0.3, -0.25) is 0 Å². The molecule has 1 aromatic heterocycles. The van der Waals surface area contributed by atoms with Crippen molar-refractivity contribution in [3.05, 3.63) is 16.5 Å². The van der Waals surface area contributed by atoms with Crippen molar-refractivity contribution >= 4 is 45.4 Å². The first kappa shape index (κ1) is 14.2. The molecule has 8 heteroatoms. The molecule has 4 nitrogen and oxygen atoms in total. The second-order valence-electron chi connectivity index (χ2n) is 3.47. The Morgan fingerprint density at radius 1 is 1.50 bits per heavy atom. The number of rotatable bonds is 2. The van der Waals surface area contributed by atoms with Crippen LogP contribution in [-0.2, 0) is 10.0 Å². The van der Waals surface area contributed by atoms with E-state index in [0.717, 1.165) is 17.8 Å². The van der Waals surface area contributed by atoms with E-state index in [-0.39, 0.29) is 18.4 Å². The Balaban J connectivity index is 0.00000128. The Bertz CT molecular complexity index is 460. The van der Waals surface area contributed by atoms with Crippen molar-refractivity contribution in [1.29, 1.82) is 0 Å². The van der Waals surface area contributed by atoms with Crippen molar-refractivity contribution in [2.45, 2.75) is 16.7 Å². The maximum absolute atomic E-state index is 12.0. The third kappa shape index (κ3) is 2.69. The highest BCUT2D eigenvalue weighted by Gasteiger charge is 2.31. The van der Waals surface area contributed by atoms with Crippen LogP contribution in [0.3, 0.4) is 0 Å². The number of sulfonamides is 1. The maximum atomic E-state index is 12.0. The first-order chi connectivity index (χ1) is 7.00.